The summed E-state index contributed by atoms with van der Waals surface area (Å²) in [4.78, 5) is 21.3. The van der Waals surface area contributed by atoms with E-state index in [0.717, 1.165) is 59.5 Å². The van der Waals surface area contributed by atoms with E-state index in [9.17, 15) is 4.79 Å². The quantitative estimate of drug-likeness (QED) is 0.896. The zero-order chi connectivity index (χ0) is 16.2. The van der Waals surface area contributed by atoms with Gasteiger partial charge in [0, 0.05) is 13.1 Å². The highest BCUT2D eigenvalue weighted by atomic mass is 32.1. The number of rotatable bonds is 5. The Morgan fingerprint density at radius 1 is 1.43 bits per heavy atom. The van der Waals surface area contributed by atoms with Crippen molar-refractivity contribution in [1.82, 2.24) is 15.2 Å². The Hall–Kier alpha value is -1.24. The van der Waals surface area contributed by atoms with Crippen LogP contribution in [0.25, 0.3) is 9.88 Å². The van der Waals surface area contributed by atoms with Gasteiger partial charge in [-0.05, 0) is 50.2 Å². The van der Waals surface area contributed by atoms with Crippen molar-refractivity contribution in [3.8, 4) is 9.88 Å². The lowest BCUT2D eigenvalue weighted by Crippen LogP contribution is -2.40. The second-order valence-corrected chi connectivity index (χ2v) is 7.90. The molecule has 0 saturated carbocycles. The summed E-state index contributed by atoms with van der Waals surface area (Å²) in [5.41, 5.74) is 0.859. The number of thiophene rings is 1. The van der Waals surface area contributed by atoms with E-state index >= 15 is 0 Å². The number of nitrogens with zero attached hydrogens (tertiary/aromatic N) is 2. The number of hydrogen-bond donors (Lipinski definition) is 1. The fourth-order valence-corrected chi connectivity index (χ4v) is 4.76. The molecular weight excluding hydrogens is 326 g/mol. The van der Waals surface area contributed by atoms with Crippen molar-refractivity contribution < 1.29 is 4.79 Å². The van der Waals surface area contributed by atoms with Crippen molar-refractivity contribution >= 4 is 28.6 Å². The molecule has 1 saturated heterocycles. The van der Waals surface area contributed by atoms with Crippen LogP contribution < -0.4 is 5.32 Å². The van der Waals surface area contributed by atoms with Crippen LogP contribution in [0.15, 0.2) is 17.5 Å². The summed E-state index contributed by atoms with van der Waals surface area (Å²) in [5.74, 6) is 0.855. The molecule has 4 nitrogen and oxygen atoms in total. The predicted molar refractivity (Wildman–Crippen MR) is 97.3 cm³/mol. The molecule has 1 aliphatic rings. The van der Waals surface area contributed by atoms with E-state index in [1.165, 1.54) is 11.3 Å². The molecule has 124 valence electrons. The van der Waals surface area contributed by atoms with E-state index in [1.807, 2.05) is 23.3 Å². The Bertz CT molecular complexity index is 643. The Morgan fingerprint density at radius 3 is 2.87 bits per heavy atom. The van der Waals surface area contributed by atoms with Gasteiger partial charge in [-0.2, -0.15) is 0 Å². The Balaban J connectivity index is 1.65. The van der Waals surface area contributed by atoms with Gasteiger partial charge >= 0.3 is 0 Å². The molecule has 0 radical (unpaired) electrons. The standard InChI is InChI=1S/C17H23N3OS2/c1-3-18-11-13-6-8-20(9-7-13)17(21)15-12(2)19-16(23-15)14-5-4-10-22-14/h4-5,10,13,18H,3,6-9,11H2,1-2H3. The number of aryl methyl sites for hydroxylation is 1. The van der Waals surface area contributed by atoms with Crippen LogP contribution in [0.5, 0.6) is 0 Å². The van der Waals surface area contributed by atoms with E-state index in [-0.39, 0.29) is 5.91 Å². The van der Waals surface area contributed by atoms with Crippen molar-refractivity contribution in [3.05, 3.63) is 28.1 Å². The highest BCUT2D eigenvalue weighted by Crippen LogP contribution is 2.32. The van der Waals surface area contributed by atoms with Crippen LogP contribution in [0.2, 0.25) is 0 Å². The minimum Gasteiger partial charge on any atom is -0.338 e. The normalized spacial score (nSPS) is 16.0. The molecular formula is C17H23N3OS2. The van der Waals surface area contributed by atoms with Crippen molar-refractivity contribution in [2.45, 2.75) is 26.7 Å². The largest absolute Gasteiger partial charge is 0.338 e. The summed E-state index contributed by atoms with van der Waals surface area (Å²) in [6.45, 7) is 7.89. The average Bonchev–Trinajstić information content (AvgIpc) is 3.22. The topological polar surface area (TPSA) is 45.2 Å². The molecule has 1 amide bonds. The molecule has 0 aliphatic carbocycles. The molecule has 2 aromatic heterocycles. The van der Waals surface area contributed by atoms with Crippen LogP contribution in [0.1, 0.15) is 35.1 Å². The van der Waals surface area contributed by atoms with Crippen molar-refractivity contribution in [3.63, 3.8) is 0 Å². The molecule has 1 aliphatic heterocycles. The maximum atomic E-state index is 12.8. The second kappa shape index (κ2) is 7.55. The zero-order valence-corrected chi connectivity index (χ0v) is 15.3. The average molecular weight is 350 g/mol. The number of carbonyl (C=O) groups excluding carboxylic acids is 1. The number of hydrogen-bond acceptors (Lipinski definition) is 5. The first-order valence-corrected chi connectivity index (χ1v) is 9.90. The molecule has 23 heavy (non-hydrogen) atoms. The highest BCUT2D eigenvalue weighted by molar-refractivity contribution is 7.22. The van der Waals surface area contributed by atoms with Gasteiger partial charge in [-0.15, -0.1) is 22.7 Å². The van der Waals surface area contributed by atoms with Crippen molar-refractivity contribution in [1.29, 1.82) is 0 Å². The minimum absolute atomic E-state index is 0.157. The van der Waals surface area contributed by atoms with Crippen LogP contribution >= 0.6 is 22.7 Å². The molecule has 0 spiro atoms. The fraction of sp³-hybridized carbons (Fsp3) is 0.529. The Kier molecular flexibility index (Phi) is 5.46. The van der Waals surface area contributed by atoms with E-state index in [2.05, 4.69) is 23.3 Å². The first-order valence-electron chi connectivity index (χ1n) is 8.20. The summed E-state index contributed by atoms with van der Waals surface area (Å²) >= 11 is 3.20. The van der Waals surface area contributed by atoms with Crippen LogP contribution in [0.4, 0.5) is 0 Å². The maximum Gasteiger partial charge on any atom is 0.265 e. The van der Waals surface area contributed by atoms with Gasteiger partial charge in [-0.3, -0.25) is 4.79 Å². The summed E-state index contributed by atoms with van der Waals surface area (Å²) in [6, 6.07) is 4.08. The van der Waals surface area contributed by atoms with Crippen LogP contribution in [-0.4, -0.2) is 42.0 Å². The molecule has 2 aromatic rings. The SMILES string of the molecule is CCNCC1CCN(C(=O)c2sc(-c3cccs3)nc2C)CC1. The third kappa shape index (κ3) is 3.82. The molecule has 0 bridgehead atoms. The number of piperidine rings is 1. The minimum atomic E-state index is 0.157. The first kappa shape index (κ1) is 16.6. The Morgan fingerprint density at radius 2 is 2.22 bits per heavy atom. The summed E-state index contributed by atoms with van der Waals surface area (Å²) in [5, 5.41) is 6.42. The predicted octanol–water partition coefficient (Wildman–Crippen LogP) is 3.64. The summed E-state index contributed by atoms with van der Waals surface area (Å²) in [6.07, 6.45) is 2.18. The third-order valence-corrected chi connectivity index (χ3v) is 6.49. The lowest BCUT2D eigenvalue weighted by atomic mass is 9.96. The van der Waals surface area contributed by atoms with Gasteiger partial charge in [-0.25, -0.2) is 4.98 Å². The number of likely N-dealkylation sites (tertiary alicyclic amines) is 1. The van der Waals surface area contributed by atoms with Crippen LogP contribution in [-0.2, 0) is 0 Å². The molecule has 3 heterocycles. The molecule has 1 fully saturated rings. The number of aromatic nitrogens is 1. The van der Waals surface area contributed by atoms with Crippen molar-refractivity contribution in [2.75, 3.05) is 26.2 Å². The molecule has 6 heteroatoms. The maximum absolute atomic E-state index is 12.8. The van der Waals surface area contributed by atoms with Crippen LogP contribution in [0, 0.1) is 12.8 Å². The van der Waals surface area contributed by atoms with E-state index in [4.69, 9.17) is 0 Å². The van der Waals surface area contributed by atoms with Gasteiger partial charge in [0.15, 0.2) is 0 Å². The molecule has 3 rings (SSSR count). The van der Waals surface area contributed by atoms with Crippen LogP contribution in [0.3, 0.4) is 0 Å². The van der Waals surface area contributed by atoms with Gasteiger partial charge in [0.2, 0.25) is 0 Å². The Labute approximate surface area is 145 Å². The number of amides is 1. The summed E-state index contributed by atoms with van der Waals surface area (Å²) in [7, 11) is 0. The lowest BCUT2D eigenvalue weighted by Gasteiger charge is -2.31. The van der Waals surface area contributed by atoms with E-state index in [0.29, 0.717) is 5.92 Å². The molecule has 0 unspecified atom stereocenters. The zero-order valence-electron chi connectivity index (χ0n) is 13.7. The van der Waals surface area contributed by atoms with Gasteiger partial charge in [0.1, 0.15) is 9.88 Å². The van der Waals surface area contributed by atoms with Gasteiger partial charge in [0.25, 0.3) is 5.91 Å². The third-order valence-electron chi connectivity index (χ3n) is 4.31. The lowest BCUT2D eigenvalue weighted by molar-refractivity contribution is 0.0694. The number of nitrogens with one attached hydrogen (secondary N) is 1. The molecule has 0 atom stereocenters. The number of carbonyl (C=O) groups is 1. The molecule has 1 N–H and O–H groups in total. The van der Waals surface area contributed by atoms with E-state index < -0.39 is 0 Å². The van der Waals surface area contributed by atoms with E-state index in [1.54, 1.807) is 11.3 Å². The first-order chi connectivity index (χ1) is 11.2. The monoisotopic (exact) mass is 349 g/mol. The number of thiazole rings is 1. The summed E-state index contributed by atoms with van der Waals surface area (Å²) < 4.78 is 0. The van der Waals surface area contributed by atoms with Gasteiger partial charge < -0.3 is 10.2 Å². The van der Waals surface area contributed by atoms with Gasteiger partial charge in [-0.1, -0.05) is 13.0 Å². The van der Waals surface area contributed by atoms with Gasteiger partial charge in [0.05, 0.1) is 10.6 Å². The molecule has 0 aromatic carbocycles. The highest BCUT2D eigenvalue weighted by Gasteiger charge is 2.26. The van der Waals surface area contributed by atoms with Crippen molar-refractivity contribution in [2.24, 2.45) is 5.92 Å². The smallest absolute Gasteiger partial charge is 0.265 e. The fourth-order valence-electron chi connectivity index (χ4n) is 2.93. The second-order valence-electron chi connectivity index (χ2n) is 5.95.